The van der Waals surface area contributed by atoms with Gasteiger partial charge in [-0.15, -0.1) is 0 Å². The molecule has 1 aromatic carbocycles. The van der Waals surface area contributed by atoms with Crippen LogP contribution in [0.4, 0.5) is 0 Å². The minimum atomic E-state index is -0.538. The monoisotopic (exact) mass is 328 g/mol. The molecule has 2 unspecified atom stereocenters. The molecule has 0 radical (unpaired) electrons. The quantitative estimate of drug-likeness (QED) is 0.854. The lowest BCUT2D eigenvalue weighted by atomic mass is 9.73. The average Bonchev–Trinajstić information content (AvgIpc) is 3.24. The number of rotatable bonds is 3. The van der Waals surface area contributed by atoms with Gasteiger partial charge in [-0.1, -0.05) is 6.07 Å². The number of nitrogens with zero attached hydrogens (tertiary/aromatic N) is 2. The molecule has 2 N–H and O–H groups in total. The Morgan fingerprint density at radius 3 is 2.12 bits per heavy atom. The van der Waals surface area contributed by atoms with Gasteiger partial charge >= 0.3 is 0 Å². The summed E-state index contributed by atoms with van der Waals surface area (Å²) in [7, 11) is 0. The first kappa shape index (κ1) is 14.7. The highest BCUT2D eigenvalue weighted by Crippen LogP contribution is 2.41. The largest absolute Gasteiger partial charge is 0.454 e. The summed E-state index contributed by atoms with van der Waals surface area (Å²) in [6.07, 6.45) is 0. The molecular weight excluding hydrogens is 312 g/mol. The van der Waals surface area contributed by atoms with Gasteiger partial charge in [0.2, 0.25) is 18.6 Å². The van der Waals surface area contributed by atoms with Crippen LogP contribution in [0, 0.1) is 11.8 Å². The van der Waals surface area contributed by atoms with Crippen LogP contribution in [0.2, 0.25) is 0 Å². The van der Waals surface area contributed by atoms with Crippen LogP contribution in [0.5, 0.6) is 11.5 Å². The third-order valence-corrected chi connectivity index (χ3v) is 4.65. The van der Waals surface area contributed by atoms with Crippen LogP contribution in [0.1, 0.15) is 25.3 Å². The van der Waals surface area contributed by atoms with Crippen molar-refractivity contribution in [1.82, 2.24) is 10.9 Å². The molecular formula is C16H16N4O4. The Labute approximate surface area is 137 Å². The van der Waals surface area contributed by atoms with E-state index < -0.39 is 17.8 Å². The fraction of sp³-hybridized carbons (Fsp3) is 0.375. The zero-order valence-corrected chi connectivity index (χ0v) is 13.2. The maximum absolute atomic E-state index is 12.4. The van der Waals surface area contributed by atoms with Gasteiger partial charge < -0.3 is 9.47 Å². The fourth-order valence-corrected chi connectivity index (χ4v) is 3.49. The number of hydrogen-bond donors (Lipinski definition) is 2. The molecule has 24 heavy (non-hydrogen) atoms. The second kappa shape index (κ2) is 5.33. The van der Waals surface area contributed by atoms with Gasteiger partial charge in [0, 0.05) is 17.3 Å². The van der Waals surface area contributed by atoms with E-state index in [9.17, 15) is 9.59 Å². The zero-order chi connectivity index (χ0) is 16.8. The van der Waals surface area contributed by atoms with Gasteiger partial charge in [-0.3, -0.25) is 9.59 Å². The van der Waals surface area contributed by atoms with Gasteiger partial charge in [-0.05, 0) is 31.5 Å². The van der Waals surface area contributed by atoms with Crippen molar-refractivity contribution in [3.63, 3.8) is 0 Å². The van der Waals surface area contributed by atoms with Crippen LogP contribution >= 0.6 is 0 Å². The molecule has 0 bridgehead atoms. The Balaban J connectivity index is 1.82. The van der Waals surface area contributed by atoms with Crippen molar-refractivity contribution < 1.29 is 19.1 Å². The lowest BCUT2D eigenvalue weighted by Gasteiger charge is -2.27. The van der Waals surface area contributed by atoms with Crippen molar-refractivity contribution in [2.45, 2.75) is 19.8 Å². The van der Waals surface area contributed by atoms with Crippen molar-refractivity contribution in [3.05, 3.63) is 23.8 Å². The second-order valence-corrected chi connectivity index (χ2v) is 6.05. The van der Waals surface area contributed by atoms with E-state index in [0.717, 1.165) is 5.56 Å². The topological polar surface area (TPSA) is 101 Å². The van der Waals surface area contributed by atoms with Crippen LogP contribution in [0.3, 0.4) is 0 Å². The summed E-state index contributed by atoms with van der Waals surface area (Å²) >= 11 is 0. The number of amides is 2. The standard InChI is InChI=1S/C16H16N4O4/c1-7-12(15(21)19-17-7)14(13-8(2)18-20-16(13)22)9-3-4-10-11(5-9)24-6-23-10/h3-5,12-14H,6H2,1-2H3,(H,19,21)(H,20,22). The highest BCUT2D eigenvalue weighted by molar-refractivity contribution is 6.12. The number of nitrogens with one attached hydrogen (secondary N) is 2. The fourth-order valence-electron chi connectivity index (χ4n) is 3.49. The predicted octanol–water partition coefficient (Wildman–Crippen LogP) is 0.743. The minimum absolute atomic E-state index is 0.165. The molecule has 3 aliphatic rings. The van der Waals surface area contributed by atoms with E-state index in [4.69, 9.17) is 9.47 Å². The number of carbonyl (C=O) groups excluding carboxylic acids is 2. The number of carbonyl (C=O) groups is 2. The summed E-state index contributed by atoms with van der Waals surface area (Å²) in [5, 5.41) is 8.06. The molecule has 0 aromatic heterocycles. The van der Waals surface area contributed by atoms with E-state index in [0.29, 0.717) is 22.9 Å². The molecule has 0 saturated heterocycles. The molecule has 0 saturated carbocycles. The summed E-state index contributed by atoms with van der Waals surface area (Å²) in [4.78, 5) is 24.7. The normalized spacial score (nSPS) is 25.9. The van der Waals surface area contributed by atoms with E-state index in [1.807, 2.05) is 12.1 Å². The zero-order valence-electron chi connectivity index (χ0n) is 13.2. The molecule has 0 aliphatic carbocycles. The van der Waals surface area contributed by atoms with Crippen molar-refractivity contribution >= 4 is 23.2 Å². The van der Waals surface area contributed by atoms with Crippen LogP contribution in [-0.2, 0) is 9.59 Å². The molecule has 0 fully saturated rings. The highest BCUT2D eigenvalue weighted by atomic mass is 16.7. The Morgan fingerprint density at radius 2 is 1.58 bits per heavy atom. The molecule has 3 heterocycles. The SMILES string of the molecule is CC1=NNC(=O)C1C(c1ccc2c(c1)OCO2)C1C(=O)NN=C1C. The van der Waals surface area contributed by atoms with Crippen LogP contribution < -0.4 is 20.3 Å². The molecule has 0 spiro atoms. The first-order valence-corrected chi connectivity index (χ1v) is 7.64. The van der Waals surface area contributed by atoms with Crippen molar-refractivity contribution in [3.8, 4) is 11.5 Å². The van der Waals surface area contributed by atoms with E-state index in [1.165, 1.54) is 0 Å². The number of hydrazone groups is 2. The van der Waals surface area contributed by atoms with Gasteiger partial charge in [0.05, 0.1) is 11.8 Å². The smallest absolute Gasteiger partial charge is 0.249 e. The summed E-state index contributed by atoms with van der Waals surface area (Å²) in [6.45, 7) is 3.72. The van der Waals surface area contributed by atoms with E-state index in [-0.39, 0.29) is 18.6 Å². The lowest BCUT2D eigenvalue weighted by Crippen LogP contribution is -2.38. The van der Waals surface area contributed by atoms with E-state index in [2.05, 4.69) is 21.1 Å². The molecule has 3 aliphatic heterocycles. The molecule has 4 rings (SSSR count). The van der Waals surface area contributed by atoms with Crippen molar-refractivity contribution in [2.75, 3.05) is 6.79 Å². The third-order valence-electron chi connectivity index (χ3n) is 4.65. The summed E-state index contributed by atoms with van der Waals surface area (Å²) in [5.74, 6) is -0.672. The molecule has 1 aromatic rings. The summed E-state index contributed by atoms with van der Waals surface area (Å²) in [5.41, 5.74) is 7.10. The van der Waals surface area contributed by atoms with Gasteiger partial charge in [-0.25, -0.2) is 10.9 Å². The molecule has 8 heteroatoms. The first-order chi connectivity index (χ1) is 11.6. The Kier molecular flexibility index (Phi) is 3.26. The maximum Gasteiger partial charge on any atom is 0.249 e. The average molecular weight is 328 g/mol. The third kappa shape index (κ3) is 2.14. The van der Waals surface area contributed by atoms with Crippen LogP contribution in [0.25, 0.3) is 0 Å². The van der Waals surface area contributed by atoms with Crippen molar-refractivity contribution in [1.29, 1.82) is 0 Å². The lowest BCUT2D eigenvalue weighted by molar-refractivity contribution is -0.125. The molecule has 2 amide bonds. The molecule has 124 valence electrons. The van der Waals surface area contributed by atoms with E-state index in [1.54, 1.807) is 19.9 Å². The number of benzene rings is 1. The van der Waals surface area contributed by atoms with Gasteiger partial charge in [0.15, 0.2) is 11.5 Å². The second-order valence-electron chi connectivity index (χ2n) is 6.05. The van der Waals surface area contributed by atoms with Crippen molar-refractivity contribution in [2.24, 2.45) is 22.0 Å². The Morgan fingerprint density at radius 1 is 1.00 bits per heavy atom. The Bertz CT molecular complexity index is 763. The number of hydrogen-bond acceptors (Lipinski definition) is 6. The van der Waals surface area contributed by atoms with Crippen LogP contribution in [0.15, 0.2) is 28.4 Å². The van der Waals surface area contributed by atoms with Gasteiger partial charge in [0.25, 0.3) is 0 Å². The predicted molar refractivity (Wildman–Crippen MR) is 84.8 cm³/mol. The summed E-state index contributed by atoms with van der Waals surface area (Å²) < 4.78 is 10.8. The van der Waals surface area contributed by atoms with E-state index >= 15 is 0 Å². The Hall–Kier alpha value is -2.90. The number of ether oxygens (including phenoxy) is 2. The first-order valence-electron chi connectivity index (χ1n) is 7.64. The van der Waals surface area contributed by atoms with Crippen LogP contribution in [-0.4, -0.2) is 30.0 Å². The summed E-state index contributed by atoms with van der Waals surface area (Å²) in [6, 6.07) is 5.48. The van der Waals surface area contributed by atoms with Gasteiger partial charge in [-0.2, -0.15) is 10.2 Å². The van der Waals surface area contributed by atoms with Gasteiger partial charge in [0.1, 0.15) is 0 Å². The maximum atomic E-state index is 12.4. The highest BCUT2D eigenvalue weighted by Gasteiger charge is 2.46. The number of fused-ring (bicyclic) bond motifs is 1. The molecule has 8 nitrogen and oxygen atoms in total. The molecule has 2 atom stereocenters. The minimum Gasteiger partial charge on any atom is -0.454 e.